The highest BCUT2D eigenvalue weighted by atomic mass is 16.8. The number of ether oxygens (including phenoxy) is 3. The van der Waals surface area contributed by atoms with Crippen molar-refractivity contribution in [2.45, 2.75) is 103 Å². The van der Waals surface area contributed by atoms with E-state index in [0.717, 1.165) is 83.2 Å². The smallest absolute Gasteiger partial charge is 0.431 e. The van der Waals surface area contributed by atoms with Gasteiger partial charge in [0.25, 0.3) is 0 Å². The minimum atomic E-state index is -1.14. The van der Waals surface area contributed by atoms with Gasteiger partial charge in [0, 0.05) is 25.5 Å². The average Bonchev–Trinajstić information content (AvgIpc) is 3.94. The largest absolute Gasteiger partial charge is 0.511 e. The Morgan fingerprint density at radius 1 is 0.698 bits per heavy atom. The molecule has 0 spiro atoms. The third kappa shape index (κ3) is 9.19. The fourth-order valence-electron chi connectivity index (χ4n) is 8.71. The van der Waals surface area contributed by atoms with Crippen molar-refractivity contribution in [1.82, 2.24) is 30.0 Å². The number of rotatable bonds is 15. The lowest BCUT2D eigenvalue weighted by Gasteiger charge is -2.34. The van der Waals surface area contributed by atoms with E-state index in [1.54, 1.807) is 4.80 Å². The Balaban J connectivity index is 1.08. The second kappa shape index (κ2) is 19.4. The molecule has 2 heterocycles. The van der Waals surface area contributed by atoms with Crippen molar-refractivity contribution in [2.75, 3.05) is 0 Å². The van der Waals surface area contributed by atoms with Crippen LogP contribution in [0.3, 0.4) is 0 Å². The van der Waals surface area contributed by atoms with Gasteiger partial charge in [-0.05, 0) is 76.6 Å². The number of aromatic nitrogens is 6. The van der Waals surface area contributed by atoms with Gasteiger partial charge in [-0.25, -0.2) is 9.59 Å². The maximum atomic E-state index is 14.0. The first-order chi connectivity index (χ1) is 30.8. The lowest BCUT2D eigenvalue weighted by molar-refractivity contribution is -0.0915. The van der Waals surface area contributed by atoms with Gasteiger partial charge in [-0.15, -0.1) is 15.0 Å². The number of tetrazole rings is 1. The van der Waals surface area contributed by atoms with Gasteiger partial charge < -0.3 is 14.2 Å². The van der Waals surface area contributed by atoms with Crippen LogP contribution in [0.4, 0.5) is 4.79 Å². The van der Waals surface area contributed by atoms with Gasteiger partial charge in [-0.1, -0.05) is 167 Å². The molecule has 0 bridgehead atoms. The number of hydrogen-bond acceptors (Lipinski definition) is 9. The summed E-state index contributed by atoms with van der Waals surface area (Å²) in [6.45, 7) is 8.25. The van der Waals surface area contributed by atoms with Crippen molar-refractivity contribution in [3.05, 3.63) is 179 Å². The van der Waals surface area contributed by atoms with Crippen LogP contribution in [0.25, 0.3) is 22.5 Å². The van der Waals surface area contributed by atoms with Gasteiger partial charge in [0.15, 0.2) is 5.54 Å². The van der Waals surface area contributed by atoms with Crippen LogP contribution in [0.2, 0.25) is 0 Å². The van der Waals surface area contributed by atoms with Gasteiger partial charge >= 0.3 is 12.1 Å². The Kier molecular flexibility index (Phi) is 13.2. The number of esters is 1. The Bertz CT molecular complexity index is 2500. The zero-order chi connectivity index (χ0) is 43.8. The molecule has 1 unspecified atom stereocenters. The molecule has 11 nitrogen and oxygen atoms in total. The minimum Gasteiger partial charge on any atom is -0.431 e. The van der Waals surface area contributed by atoms with E-state index in [1.165, 1.54) is 6.92 Å². The third-order valence-electron chi connectivity index (χ3n) is 11.7. The van der Waals surface area contributed by atoms with Crippen molar-refractivity contribution in [1.29, 1.82) is 0 Å². The number of nitrogens with zero attached hydrogens (tertiary/aromatic N) is 6. The van der Waals surface area contributed by atoms with Crippen LogP contribution in [0, 0.1) is 0 Å². The third-order valence-corrected chi connectivity index (χ3v) is 11.7. The molecule has 5 aromatic carbocycles. The van der Waals surface area contributed by atoms with Crippen molar-refractivity contribution in [3.63, 3.8) is 0 Å². The predicted octanol–water partition coefficient (Wildman–Crippen LogP) is 11.2. The van der Waals surface area contributed by atoms with Crippen molar-refractivity contribution >= 4 is 12.1 Å². The second-order valence-electron chi connectivity index (χ2n) is 16.4. The highest BCUT2D eigenvalue weighted by Gasteiger charge is 2.41. The number of benzene rings is 5. The van der Waals surface area contributed by atoms with Crippen LogP contribution in [0.15, 0.2) is 140 Å². The van der Waals surface area contributed by atoms with E-state index in [4.69, 9.17) is 34.7 Å². The van der Waals surface area contributed by atoms with Crippen LogP contribution in [0.5, 0.6) is 0 Å². The highest BCUT2D eigenvalue weighted by Crippen LogP contribution is 2.40. The summed E-state index contributed by atoms with van der Waals surface area (Å²) in [6, 6.07) is 47.3. The molecule has 0 saturated heterocycles. The number of carbonyl (C=O) groups excluding carboxylic acids is 2. The standard InChI is InChI=1S/C52H54N6O5/c1-5-34-57-46(47(48(54-57)36(2)3)50(59)61-37(4)62-51(60)63-43-26-16-9-17-27-43)35-38-30-32-39(33-31-38)44-28-18-19-29-45(44)49-53-56-58(55-49)52(40-20-10-6-11-21-40,41-22-12-7-13-23-41)42-24-14-8-15-25-42/h6-8,10-15,18-25,28-33,36-37,43H,5,9,16-17,26-27,34-35H2,1-4H3. The molecule has 8 rings (SSSR count). The molecule has 2 aromatic heterocycles. The van der Waals surface area contributed by atoms with E-state index in [0.29, 0.717) is 30.0 Å². The van der Waals surface area contributed by atoms with E-state index in [9.17, 15) is 9.59 Å². The van der Waals surface area contributed by atoms with Crippen molar-refractivity contribution in [2.24, 2.45) is 0 Å². The molecule has 1 aliphatic carbocycles. The fourth-order valence-corrected chi connectivity index (χ4v) is 8.71. The monoisotopic (exact) mass is 842 g/mol. The highest BCUT2D eigenvalue weighted by molar-refractivity contribution is 5.92. The molecule has 63 heavy (non-hydrogen) atoms. The van der Waals surface area contributed by atoms with E-state index in [1.807, 2.05) is 91.3 Å². The Morgan fingerprint density at radius 2 is 1.27 bits per heavy atom. The van der Waals surface area contributed by atoms with Crippen LogP contribution in [-0.4, -0.2) is 54.5 Å². The molecule has 0 N–H and O–H groups in total. The lowest BCUT2D eigenvalue weighted by atomic mass is 9.77. The van der Waals surface area contributed by atoms with Crippen molar-refractivity contribution < 1.29 is 23.8 Å². The Hall–Kier alpha value is -6.88. The zero-order valence-electron chi connectivity index (χ0n) is 36.4. The molecular formula is C52H54N6O5. The maximum absolute atomic E-state index is 14.0. The summed E-state index contributed by atoms with van der Waals surface area (Å²) >= 11 is 0. The molecule has 322 valence electrons. The van der Waals surface area contributed by atoms with Crippen LogP contribution in [0.1, 0.15) is 116 Å². The Morgan fingerprint density at radius 3 is 1.84 bits per heavy atom. The normalized spacial score (nSPS) is 13.7. The molecule has 11 heteroatoms. The molecule has 1 fully saturated rings. The van der Waals surface area contributed by atoms with Crippen molar-refractivity contribution in [3.8, 4) is 22.5 Å². The van der Waals surface area contributed by atoms with Crippen LogP contribution >= 0.6 is 0 Å². The summed E-state index contributed by atoms with van der Waals surface area (Å²) in [4.78, 5) is 28.3. The van der Waals surface area contributed by atoms with Gasteiger partial charge in [0.05, 0.1) is 11.4 Å². The first-order valence-electron chi connectivity index (χ1n) is 22.1. The summed E-state index contributed by atoms with van der Waals surface area (Å²) in [5, 5.41) is 19.6. The van der Waals surface area contributed by atoms with Crippen LogP contribution in [-0.2, 0) is 32.7 Å². The first kappa shape index (κ1) is 42.8. The number of aryl methyl sites for hydroxylation is 1. The SMILES string of the molecule is CCCn1nc(C(C)C)c(C(=O)OC(C)OC(=O)OC2CCCCC2)c1Cc1ccc(-c2ccccc2-c2nnn(C(c3ccccc3)(c3ccccc3)c3ccccc3)n2)cc1. The topological polar surface area (TPSA) is 123 Å². The van der Waals surface area contributed by atoms with Gasteiger partial charge in [0.1, 0.15) is 11.7 Å². The van der Waals surface area contributed by atoms with Gasteiger partial charge in [-0.3, -0.25) is 4.68 Å². The fraction of sp³-hybridized carbons (Fsp3) is 0.308. The minimum absolute atomic E-state index is 0.0550. The predicted molar refractivity (Wildman–Crippen MR) is 242 cm³/mol. The number of hydrogen-bond donors (Lipinski definition) is 0. The second-order valence-corrected chi connectivity index (χ2v) is 16.4. The maximum Gasteiger partial charge on any atom is 0.511 e. The summed E-state index contributed by atoms with van der Waals surface area (Å²) in [5.74, 6) is -0.147. The molecule has 1 atom stereocenters. The molecule has 0 aliphatic heterocycles. The number of carbonyl (C=O) groups is 2. The molecular weight excluding hydrogens is 789 g/mol. The van der Waals surface area contributed by atoms with E-state index in [-0.39, 0.29) is 12.0 Å². The molecule has 7 aromatic rings. The summed E-state index contributed by atoms with van der Waals surface area (Å²) in [7, 11) is 0. The summed E-state index contributed by atoms with van der Waals surface area (Å²) in [6.07, 6.45) is 3.92. The van der Waals surface area contributed by atoms with E-state index < -0.39 is 24.0 Å². The van der Waals surface area contributed by atoms with Crippen LogP contribution < -0.4 is 0 Å². The molecule has 0 amide bonds. The zero-order valence-corrected chi connectivity index (χ0v) is 36.4. The quantitative estimate of drug-likeness (QED) is 0.0564. The Labute approximate surface area is 369 Å². The first-order valence-corrected chi connectivity index (χ1v) is 22.1. The molecule has 1 saturated carbocycles. The molecule has 1 aliphatic rings. The molecule has 0 radical (unpaired) electrons. The summed E-state index contributed by atoms with van der Waals surface area (Å²) in [5.41, 5.74) is 7.65. The van der Waals surface area contributed by atoms with Gasteiger partial charge in [-0.2, -0.15) is 5.10 Å². The average molecular weight is 843 g/mol. The van der Waals surface area contributed by atoms with E-state index in [2.05, 4.69) is 73.7 Å². The van der Waals surface area contributed by atoms with Gasteiger partial charge in [0.2, 0.25) is 12.1 Å². The van der Waals surface area contributed by atoms with E-state index >= 15 is 0 Å². The lowest BCUT2D eigenvalue weighted by Crippen LogP contribution is -2.39. The summed E-state index contributed by atoms with van der Waals surface area (Å²) < 4.78 is 18.6.